The number of carboxylic acid groups (broad SMARTS) is 1. The number of benzene rings is 1. The first kappa shape index (κ1) is 13.0. The molecule has 2 N–H and O–H groups in total. The highest BCUT2D eigenvalue weighted by Crippen LogP contribution is 2.20. The van der Waals surface area contributed by atoms with E-state index in [1.54, 1.807) is 19.9 Å². The van der Waals surface area contributed by atoms with E-state index < -0.39 is 11.9 Å². The Balaban J connectivity index is 2.97. The Labute approximate surface area is 99.3 Å². The number of carbonyl (C=O) groups is 2. The largest absolute Gasteiger partial charge is 0.507 e. The minimum absolute atomic E-state index is 0.124. The van der Waals surface area contributed by atoms with Gasteiger partial charge in [0.25, 0.3) is 5.91 Å². The minimum atomic E-state index is -1.08. The van der Waals surface area contributed by atoms with E-state index in [9.17, 15) is 14.7 Å². The second-order valence-electron chi connectivity index (χ2n) is 3.73. The third-order valence-corrected chi connectivity index (χ3v) is 2.38. The summed E-state index contributed by atoms with van der Waals surface area (Å²) in [7, 11) is 0. The first-order valence-corrected chi connectivity index (χ1v) is 5.26. The summed E-state index contributed by atoms with van der Waals surface area (Å²) in [5.74, 6) is -1.68. The Bertz CT molecular complexity index is 442. The summed E-state index contributed by atoms with van der Waals surface area (Å²) < 4.78 is 0. The molecule has 0 aliphatic rings. The van der Waals surface area contributed by atoms with Crippen LogP contribution in [-0.4, -0.2) is 40.1 Å². The van der Waals surface area contributed by atoms with E-state index in [1.807, 2.05) is 0 Å². The number of phenolic OH excluding ortho intramolecular Hbond substituents is 1. The van der Waals surface area contributed by atoms with Gasteiger partial charge in [0.1, 0.15) is 12.3 Å². The van der Waals surface area contributed by atoms with Crippen LogP contribution in [0.25, 0.3) is 0 Å². The normalized spacial score (nSPS) is 10.0. The van der Waals surface area contributed by atoms with Gasteiger partial charge in [0, 0.05) is 6.54 Å². The summed E-state index contributed by atoms with van der Waals surface area (Å²) in [5.41, 5.74) is 0.957. The second-order valence-corrected chi connectivity index (χ2v) is 3.73. The molecule has 5 heteroatoms. The van der Waals surface area contributed by atoms with Crippen molar-refractivity contribution in [3.8, 4) is 5.75 Å². The molecule has 0 saturated heterocycles. The maximum Gasteiger partial charge on any atom is 0.323 e. The predicted octanol–water partition coefficient (Wildman–Crippen LogP) is 1.25. The van der Waals surface area contributed by atoms with Crippen LogP contribution >= 0.6 is 0 Å². The van der Waals surface area contributed by atoms with Crippen molar-refractivity contribution in [2.45, 2.75) is 13.8 Å². The fourth-order valence-electron chi connectivity index (χ4n) is 1.48. The highest BCUT2D eigenvalue weighted by Gasteiger charge is 2.19. The van der Waals surface area contributed by atoms with Gasteiger partial charge in [-0.1, -0.05) is 6.07 Å². The molecular weight excluding hydrogens is 222 g/mol. The maximum atomic E-state index is 11.9. The van der Waals surface area contributed by atoms with Gasteiger partial charge < -0.3 is 15.1 Å². The topological polar surface area (TPSA) is 77.8 Å². The molecule has 1 amide bonds. The molecule has 0 unspecified atom stereocenters. The standard InChI is InChI=1S/C12H15NO4/c1-3-13(7-11(15)16)12(17)9-5-4-8(2)6-10(9)14/h4-6,14H,3,7H2,1-2H3,(H,15,16). The molecule has 0 saturated carbocycles. The Hall–Kier alpha value is -2.04. The molecule has 0 radical (unpaired) electrons. The van der Waals surface area contributed by atoms with Crippen LogP contribution in [0.1, 0.15) is 22.8 Å². The summed E-state index contributed by atoms with van der Waals surface area (Å²) in [6.45, 7) is 3.38. The highest BCUT2D eigenvalue weighted by atomic mass is 16.4. The molecule has 92 valence electrons. The first-order chi connectivity index (χ1) is 7.95. The van der Waals surface area contributed by atoms with Gasteiger partial charge in [0.2, 0.25) is 0 Å². The van der Waals surface area contributed by atoms with E-state index in [0.29, 0.717) is 0 Å². The molecular formula is C12H15NO4. The Morgan fingerprint density at radius 3 is 2.47 bits per heavy atom. The van der Waals surface area contributed by atoms with Crippen molar-refractivity contribution >= 4 is 11.9 Å². The van der Waals surface area contributed by atoms with Gasteiger partial charge in [-0.15, -0.1) is 0 Å². The molecule has 0 aromatic heterocycles. The van der Waals surface area contributed by atoms with E-state index in [4.69, 9.17) is 5.11 Å². The highest BCUT2D eigenvalue weighted by molar-refractivity contribution is 5.98. The molecule has 0 bridgehead atoms. The Morgan fingerprint density at radius 1 is 1.35 bits per heavy atom. The van der Waals surface area contributed by atoms with Gasteiger partial charge in [0.05, 0.1) is 5.56 Å². The number of carboxylic acids is 1. The fraction of sp³-hybridized carbons (Fsp3) is 0.333. The molecule has 5 nitrogen and oxygen atoms in total. The molecule has 0 spiro atoms. The van der Waals surface area contributed by atoms with Crippen molar-refractivity contribution in [3.63, 3.8) is 0 Å². The van der Waals surface area contributed by atoms with Crippen molar-refractivity contribution in [1.82, 2.24) is 4.90 Å². The van der Waals surface area contributed by atoms with Crippen molar-refractivity contribution in [2.75, 3.05) is 13.1 Å². The summed E-state index contributed by atoms with van der Waals surface area (Å²) in [6.07, 6.45) is 0. The number of phenols is 1. The molecule has 1 aromatic carbocycles. The molecule has 0 atom stereocenters. The summed E-state index contributed by atoms with van der Waals surface area (Å²) in [5, 5.41) is 18.3. The van der Waals surface area contributed by atoms with Crippen molar-refractivity contribution < 1.29 is 19.8 Å². The van der Waals surface area contributed by atoms with Gasteiger partial charge in [-0.2, -0.15) is 0 Å². The lowest BCUT2D eigenvalue weighted by Gasteiger charge is -2.19. The number of carbonyl (C=O) groups excluding carboxylic acids is 1. The van der Waals surface area contributed by atoms with E-state index in [2.05, 4.69) is 0 Å². The number of aromatic hydroxyl groups is 1. The maximum absolute atomic E-state index is 11.9. The van der Waals surface area contributed by atoms with Crippen LogP contribution in [0.4, 0.5) is 0 Å². The average molecular weight is 237 g/mol. The molecule has 17 heavy (non-hydrogen) atoms. The van der Waals surface area contributed by atoms with Crippen LogP contribution < -0.4 is 0 Å². The van der Waals surface area contributed by atoms with Crippen LogP contribution in [0.3, 0.4) is 0 Å². The molecule has 0 aliphatic heterocycles. The third kappa shape index (κ3) is 3.21. The molecule has 0 heterocycles. The lowest BCUT2D eigenvalue weighted by Crippen LogP contribution is -2.35. The van der Waals surface area contributed by atoms with Crippen LogP contribution in [0.2, 0.25) is 0 Å². The number of rotatable bonds is 4. The van der Waals surface area contributed by atoms with Crippen molar-refractivity contribution in [2.24, 2.45) is 0 Å². The lowest BCUT2D eigenvalue weighted by atomic mass is 10.1. The summed E-state index contributed by atoms with van der Waals surface area (Å²) in [4.78, 5) is 23.7. The SMILES string of the molecule is CCN(CC(=O)O)C(=O)c1ccc(C)cc1O. The Morgan fingerprint density at radius 2 is 2.00 bits per heavy atom. The van der Waals surface area contributed by atoms with Crippen LogP contribution in [0.5, 0.6) is 5.75 Å². The van der Waals surface area contributed by atoms with E-state index in [-0.39, 0.29) is 24.4 Å². The Kier molecular flexibility index (Phi) is 4.09. The third-order valence-electron chi connectivity index (χ3n) is 2.38. The number of hydrogen-bond acceptors (Lipinski definition) is 3. The van der Waals surface area contributed by atoms with E-state index in [1.165, 1.54) is 12.1 Å². The lowest BCUT2D eigenvalue weighted by molar-refractivity contribution is -0.137. The van der Waals surface area contributed by atoms with Gasteiger partial charge in [-0.3, -0.25) is 9.59 Å². The summed E-state index contributed by atoms with van der Waals surface area (Å²) in [6, 6.07) is 4.67. The van der Waals surface area contributed by atoms with Crippen LogP contribution in [0, 0.1) is 6.92 Å². The quantitative estimate of drug-likeness (QED) is 0.826. The second kappa shape index (κ2) is 5.34. The fourth-order valence-corrected chi connectivity index (χ4v) is 1.48. The average Bonchev–Trinajstić information content (AvgIpc) is 2.24. The molecule has 0 fully saturated rings. The van der Waals surface area contributed by atoms with Gasteiger partial charge in [0.15, 0.2) is 0 Å². The monoisotopic (exact) mass is 237 g/mol. The molecule has 0 aliphatic carbocycles. The van der Waals surface area contributed by atoms with Gasteiger partial charge >= 0.3 is 5.97 Å². The van der Waals surface area contributed by atoms with Crippen molar-refractivity contribution in [1.29, 1.82) is 0 Å². The number of hydrogen-bond donors (Lipinski definition) is 2. The zero-order valence-electron chi connectivity index (χ0n) is 9.80. The smallest absolute Gasteiger partial charge is 0.323 e. The number of likely N-dealkylation sites (N-methyl/N-ethyl adjacent to an activating group) is 1. The number of aliphatic carboxylic acids is 1. The van der Waals surface area contributed by atoms with Crippen LogP contribution in [0.15, 0.2) is 18.2 Å². The number of nitrogens with zero attached hydrogens (tertiary/aromatic N) is 1. The molecule has 1 aromatic rings. The first-order valence-electron chi connectivity index (χ1n) is 5.26. The van der Waals surface area contributed by atoms with Crippen molar-refractivity contribution in [3.05, 3.63) is 29.3 Å². The zero-order chi connectivity index (χ0) is 13.0. The predicted molar refractivity (Wildman–Crippen MR) is 62.1 cm³/mol. The summed E-state index contributed by atoms with van der Waals surface area (Å²) >= 11 is 0. The van der Waals surface area contributed by atoms with Gasteiger partial charge in [-0.05, 0) is 31.5 Å². The van der Waals surface area contributed by atoms with E-state index >= 15 is 0 Å². The number of aryl methyl sites for hydroxylation is 1. The van der Waals surface area contributed by atoms with Gasteiger partial charge in [-0.25, -0.2) is 0 Å². The number of amides is 1. The molecule has 1 rings (SSSR count). The van der Waals surface area contributed by atoms with Crippen LogP contribution in [-0.2, 0) is 4.79 Å². The minimum Gasteiger partial charge on any atom is -0.507 e. The zero-order valence-corrected chi connectivity index (χ0v) is 9.80. The van der Waals surface area contributed by atoms with E-state index in [0.717, 1.165) is 10.5 Å².